The molecule has 0 unspecified atom stereocenters. The highest BCUT2D eigenvalue weighted by molar-refractivity contribution is 7.13. The highest BCUT2D eigenvalue weighted by atomic mass is 32.1. The van der Waals surface area contributed by atoms with Crippen LogP contribution in [0.1, 0.15) is 16.1 Å². The lowest BCUT2D eigenvalue weighted by Crippen LogP contribution is -1.95. The summed E-state index contributed by atoms with van der Waals surface area (Å²) in [5.74, 6) is -0.235. The van der Waals surface area contributed by atoms with Crippen LogP contribution in [0, 0.1) is 6.92 Å². The van der Waals surface area contributed by atoms with Crippen LogP contribution in [0.25, 0.3) is 10.6 Å². The Balaban J connectivity index is 2.42. The molecular formula is C12H11NO3S. The zero-order chi connectivity index (χ0) is 12.4. The quantitative estimate of drug-likeness (QED) is 0.908. The zero-order valence-corrected chi connectivity index (χ0v) is 10.2. The molecular weight excluding hydrogens is 238 g/mol. The first-order valence-electron chi connectivity index (χ1n) is 4.95. The lowest BCUT2D eigenvalue weighted by Gasteiger charge is -2.05. The van der Waals surface area contributed by atoms with E-state index in [-0.39, 0.29) is 5.69 Å². The van der Waals surface area contributed by atoms with Gasteiger partial charge in [-0.2, -0.15) is 0 Å². The number of carboxylic acids is 1. The van der Waals surface area contributed by atoms with Crippen molar-refractivity contribution >= 4 is 17.3 Å². The molecule has 17 heavy (non-hydrogen) atoms. The number of carbonyl (C=O) groups is 1. The van der Waals surface area contributed by atoms with Gasteiger partial charge >= 0.3 is 5.97 Å². The van der Waals surface area contributed by atoms with Gasteiger partial charge in [0.15, 0.2) is 5.69 Å². The monoisotopic (exact) mass is 249 g/mol. The van der Waals surface area contributed by atoms with Crippen LogP contribution in [0.15, 0.2) is 23.6 Å². The number of aromatic nitrogens is 1. The van der Waals surface area contributed by atoms with Crippen molar-refractivity contribution in [1.29, 1.82) is 0 Å². The van der Waals surface area contributed by atoms with Crippen LogP contribution in [-0.4, -0.2) is 23.2 Å². The van der Waals surface area contributed by atoms with Gasteiger partial charge in [0.1, 0.15) is 10.8 Å². The molecule has 1 N–H and O–H groups in total. The van der Waals surface area contributed by atoms with Crippen molar-refractivity contribution < 1.29 is 14.6 Å². The first-order chi connectivity index (χ1) is 8.11. The second-order valence-corrected chi connectivity index (χ2v) is 4.39. The predicted molar refractivity (Wildman–Crippen MR) is 65.8 cm³/mol. The second kappa shape index (κ2) is 4.55. The maximum absolute atomic E-state index is 10.7. The molecule has 0 amide bonds. The van der Waals surface area contributed by atoms with E-state index in [0.29, 0.717) is 5.01 Å². The minimum absolute atomic E-state index is 0.0736. The normalized spacial score (nSPS) is 10.2. The number of hydrogen-bond donors (Lipinski definition) is 1. The molecule has 0 spiro atoms. The topological polar surface area (TPSA) is 59.4 Å². The fourth-order valence-electron chi connectivity index (χ4n) is 1.46. The summed E-state index contributed by atoms with van der Waals surface area (Å²) in [6.45, 7) is 1.95. The number of aryl methyl sites for hydroxylation is 1. The molecule has 0 saturated carbocycles. The first kappa shape index (κ1) is 11.6. The van der Waals surface area contributed by atoms with Gasteiger partial charge in [-0.05, 0) is 18.6 Å². The van der Waals surface area contributed by atoms with E-state index in [1.54, 1.807) is 7.11 Å². The molecule has 0 radical (unpaired) electrons. The summed E-state index contributed by atoms with van der Waals surface area (Å²) in [5.41, 5.74) is 1.97. The Labute approximate surface area is 103 Å². The number of thiazole rings is 1. The second-order valence-electron chi connectivity index (χ2n) is 3.53. The molecule has 0 saturated heterocycles. The first-order valence-corrected chi connectivity index (χ1v) is 5.83. The van der Waals surface area contributed by atoms with E-state index in [2.05, 4.69) is 4.98 Å². The summed E-state index contributed by atoms with van der Waals surface area (Å²) in [6.07, 6.45) is 0. The van der Waals surface area contributed by atoms with E-state index in [9.17, 15) is 4.79 Å². The number of ether oxygens (including phenoxy) is 1. The third kappa shape index (κ3) is 2.29. The number of rotatable bonds is 3. The maximum atomic E-state index is 10.7. The average molecular weight is 249 g/mol. The highest BCUT2D eigenvalue weighted by Gasteiger charge is 2.11. The van der Waals surface area contributed by atoms with Crippen LogP contribution in [0.4, 0.5) is 0 Å². The number of hydrogen-bond acceptors (Lipinski definition) is 4. The Hall–Kier alpha value is -1.88. The Kier molecular flexibility index (Phi) is 3.10. The standard InChI is InChI=1S/C12H11NO3S/c1-7-3-4-8(5-10(7)16-2)11-13-9(6-17-11)12(14)15/h3-6H,1-2H3,(H,14,15). The minimum Gasteiger partial charge on any atom is -0.496 e. The van der Waals surface area contributed by atoms with Crippen LogP contribution in [0.2, 0.25) is 0 Å². The Bertz CT molecular complexity index is 563. The van der Waals surface area contributed by atoms with Crippen LogP contribution in [0.5, 0.6) is 5.75 Å². The van der Waals surface area contributed by atoms with Crippen LogP contribution in [0.3, 0.4) is 0 Å². The zero-order valence-electron chi connectivity index (χ0n) is 9.43. The molecule has 0 aliphatic rings. The molecule has 4 nitrogen and oxygen atoms in total. The predicted octanol–water partition coefficient (Wildman–Crippen LogP) is 2.83. The van der Waals surface area contributed by atoms with Gasteiger partial charge in [0, 0.05) is 10.9 Å². The largest absolute Gasteiger partial charge is 0.496 e. The van der Waals surface area contributed by atoms with Crippen molar-refractivity contribution in [3.8, 4) is 16.3 Å². The van der Waals surface area contributed by atoms with Crippen molar-refractivity contribution in [3.63, 3.8) is 0 Å². The van der Waals surface area contributed by atoms with Gasteiger partial charge in [0.05, 0.1) is 7.11 Å². The van der Waals surface area contributed by atoms with Gasteiger partial charge in [-0.15, -0.1) is 11.3 Å². The molecule has 0 aliphatic carbocycles. The molecule has 0 aliphatic heterocycles. The van der Waals surface area contributed by atoms with Gasteiger partial charge in [-0.3, -0.25) is 0 Å². The number of methoxy groups -OCH3 is 1. The molecule has 88 valence electrons. The average Bonchev–Trinajstić information content (AvgIpc) is 2.79. The van der Waals surface area contributed by atoms with Crippen LogP contribution >= 0.6 is 11.3 Å². The van der Waals surface area contributed by atoms with Crippen LogP contribution < -0.4 is 4.74 Å². The van der Waals surface area contributed by atoms with Crippen molar-refractivity contribution in [2.45, 2.75) is 6.92 Å². The Morgan fingerprint density at radius 3 is 2.82 bits per heavy atom. The number of benzene rings is 1. The third-order valence-electron chi connectivity index (χ3n) is 2.38. The SMILES string of the molecule is COc1cc(-c2nc(C(=O)O)cs2)ccc1C. The van der Waals surface area contributed by atoms with Crippen molar-refractivity contribution in [2.24, 2.45) is 0 Å². The molecule has 1 aromatic carbocycles. The highest BCUT2D eigenvalue weighted by Crippen LogP contribution is 2.28. The summed E-state index contributed by atoms with van der Waals surface area (Å²) < 4.78 is 5.22. The Morgan fingerprint density at radius 2 is 2.24 bits per heavy atom. The van der Waals surface area contributed by atoms with Crippen molar-refractivity contribution in [2.75, 3.05) is 7.11 Å². The summed E-state index contributed by atoms with van der Waals surface area (Å²) in [7, 11) is 1.61. The summed E-state index contributed by atoms with van der Waals surface area (Å²) in [5, 5.41) is 11.0. The molecule has 1 heterocycles. The molecule has 2 aromatic rings. The Morgan fingerprint density at radius 1 is 1.47 bits per heavy atom. The number of carboxylic acid groups (broad SMARTS) is 1. The van der Waals surface area contributed by atoms with E-state index in [4.69, 9.17) is 9.84 Å². The van der Waals surface area contributed by atoms with E-state index in [1.165, 1.54) is 16.7 Å². The van der Waals surface area contributed by atoms with E-state index < -0.39 is 5.97 Å². The smallest absolute Gasteiger partial charge is 0.355 e. The van der Waals surface area contributed by atoms with Gasteiger partial charge in [-0.25, -0.2) is 9.78 Å². The van der Waals surface area contributed by atoms with Gasteiger partial charge in [0.2, 0.25) is 0 Å². The molecule has 1 aromatic heterocycles. The van der Waals surface area contributed by atoms with Gasteiger partial charge in [0.25, 0.3) is 0 Å². The molecule has 0 atom stereocenters. The van der Waals surface area contributed by atoms with E-state index in [1.807, 2.05) is 25.1 Å². The molecule has 2 rings (SSSR count). The summed E-state index contributed by atoms with van der Waals surface area (Å²) in [6, 6.07) is 5.69. The van der Waals surface area contributed by atoms with E-state index in [0.717, 1.165) is 16.9 Å². The number of nitrogens with zero attached hydrogens (tertiary/aromatic N) is 1. The number of aromatic carboxylic acids is 1. The third-order valence-corrected chi connectivity index (χ3v) is 3.27. The van der Waals surface area contributed by atoms with Crippen molar-refractivity contribution in [1.82, 2.24) is 4.98 Å². The maximum Gasteiger partial charge on any atom is 0.355 e. The molecule has 5 heteroatoms. The fourth-order valence-corrected chi connectivity index (χ4v) is 2.25. The molecule has 0 fully saturated rings. The minimum atomic E-state index is -1.01. The summed E-state index contributed by atoms with van der Waals surface area (Å²) in [4.78, 5) is 14.8. The summed E-state index contributed by atoms with van der Waals surface area (Å²) >= 11 is 1.31. The van der Waals surface area contributed by atoms with Gasteiger partial charge < -0.3 is 9.84 Å². The van der Waals surface area contributed by atoms with Gasteiger partial charge in [-0.1, -0.05) is 12.1 Å². The lowest BCUT2D eigenvalue weighted by molar-refractivity contribution is 0.0691. The van der Waals surface area contributed by atoms with Crippen LogP contribution in [-0.2, 0) is 0 Å². The molecule has 0 bridgehead atoms. The fraction of sp³-hybridized carbons (Fsp3) is 0.167. The van der Waals surface area contributed by atoms with E-state index >= 15 is 0 Å². The van der Waals surface area contributed by atoms with Crippen molar-refractivity contribution in [3.05, 3.63) is 34.8 Å². The lowest BCUT2D eigenvalue weighted by atomic mass is 10.1.